The molecular weight excluding hydrogens is 290 g/mol. The van der Waals surface area contributed by atoms with Crippen LogP contribution in [0, 0.1) is 11.3 Å². The maximum absolute atomic E-state index is 12.3. The summed E-state index contributed by atoms with van der Waals surface area (Å²) in [4.78, 5) is 16.2. The van der Waals surface area contributed by atoms with Crippen molar-refractivity contribution >= 4 is 5.91 Å². The second kappa shape index (κ2) is 7.58. The van der Waals surface area contributed by atoms with E-state index in [0.29, 0.717) is 44.6 Å². The van der Waals surface area contributed by atoms with Crippen molar-refractivity contribution in [1.29, 1.82) is 5.26 Å². The van der Waals surface area contributed by atoms with Crippen molar-refractivity contribution in [3.8, 4) is 6.07 Å². The summed E-state index contributed by atoms with van der Waals surface area (Å²) < 4.78 is 0. The summed E-state index contributed by atoms with van der Waals surface area (Å²) >= 11 is 0. The number of rotatable bonds is 6. The predicted octanol–water partition coefficient (Wildman–Crippen LogP) is 1.75. The predicted molar refractivity (Wildman–Crippen MR) is 88.5 cm³/mol. The zero-order valence-corrected chi connectivity index (χ0v) is 14.0. The second-order valence-electron chi connectivity index (χ2n) is 6.27. The highest BCUT2D eigenvalue weighted by atomic mass is 16.3. The highest BCUT2D eigenvalue weighted by Crippen LogP contribution is 2.18. The van der Waals surface area contributed by atoms with Crippen molar-refractivity contribution in [2.75, 3.05) is 26.2 Å². The first-order chi connectivity index (χ1) is 11.0. The summed E-state index contributed by atoms with van der Waals surface area (Å²) in [5.41, 5.74) is 0.961. The topological polar surface area (TPSA) is 67.6 Å². The number of benzene rings is 1. The summed E-state index contributed by atoms with van der Waals surface area (Å²) in [6, 6.07) is 9.44. The lowest BCUT2D eigenvalue weighted by atomic mass is 9.96. The van der Waals surface area contributed by atoms with Crippen LogP contribution in [0.1, 0.15) is 37.8 Å². The Morgan fingerprint density at radius 2 is 1.87 bits per heavy atom. The van der Waals surface area contributed by atoms with Gasteiger partial charge in [0, 0.05) is 26.2 Å². The molecule has 0 bridgehead atoms. The van der Waals surface area contributed by atoms with Crippen LogP contribution in [-0.4, -0.2) is 52.6 Å². The van der Waals surface area contributed by atoms with E-state index in [1.54, 1.807) is 12.1 Å². The Kier molecular flexibility index (Phi) is 5.75. The zero-order chi connectivity index (χ0) is 16.9. The molecule has 0 unspecified atom stereocenters. The quantitative estimate of drug-likeness (QED) is 0.868. The molecule has 1 aromatic rings. The van der Waals surface area contributed by atoms with E-state index < -0.39 is 5.60 Å². The van der Waals surface area contributed by atoms with Crippen LogP contribution in [0.25, 0.3) is 0 Å². The highest BCUT2D eigenvalue weighted by Gasteiger charge is 2.30. The Morgan fingerprint density at radius 3 is 2.39 bits per heavy atom. The molecule has 1 saturated heterocycles. The first kappa shape index (κ1) is 17.5. The fourth-order valence-electron chi connectivity index (χ4n) is 2.85. The third kappa shape index (κ3) is 4.54. The second-order valence-corrected chi connectivity index (χ2v) is 6.27. The van der Waals surface area contributed by atoms with E-state index in [2.05, 4.69) is 6.07 Å². The normalized spacial score (nSPS) is 16.4. The molecule has 1 aliphatic rings. The number of aliphatic hydroxyl groups is 1. The zero-order valence-electron chi connectivity index (χ0n) is 14.0. The van der Waals surface area contributed by atoms with Gasteiger partial charge in [0.05, 0.1) is 23.8 Å². The molecule has 1 aliphatic heterocycles. The third-order valence-corrected chi connectivity index (χ3v) is 4.69. The van der Waals surface area contributed by atoms with E-state index in [4.69, 9.17) is 5.26 Å². The van der Waals surface area contributed by atoms with Crippen LogP contribution in [0.15, 0.2) is 24.3 Å². The molecule has 5 nitrogen and oxygen atoms in total. The molecule has 1 aromatic carbocycles. The number of nitriles is 1. The number of carbonyl (C=O) groups is 1. The van der Waals surface area contributed by atoms with Crippen molar-refractivity contribution in [3.63, 3.8) is 0 Å². The fourth-order valence-corrected chi connectivity index (χ4v) is 2.85. The highest BCUT2D eigenvalue weighted by molar-refractivity contribution is 5.79. The molecule has 124 valence electrons. The maximum atomic E-state index is 12.3. The first-order valence-electron chi connectivity index (χ1n) is 8.21. The molecule has 1 N–H and O–H groups in total. The Morgan fingerprint density at radius 1 is 1.22 bits per heavy atom. The molecular formula is C18H25N3O2. The molecule has 0 saturated carbocycles. The number of piperazine rings is 1. The molecule has 0 atom stereocenters. The lowest BCUT2D eigenvalue weighted by Gasteiger charge is -2.38. The smallest absolute Gasteiger partial charge is 0.237 e. The van der Waals surface area contributed by atoms with Gasteiger partial charge in [-0.1, -0.05) is 26.0 Å². The van der Waals surface area contributed by atoms with Crippen LogP contribution in [0.4, 0.5) is 0 Å². The number of nitrogens with zero attached hydrogens (tertiary/aromatic N) is 3. The Labute approximate surface area is 138 Å². The Bertz CT molecular complexity index is 573. The van der Waals surface area contributed by atoms with Crippen LogP contribution in [0.5, 0.6) is 0 Å². The Hall–Kier alpha value is -1.90. The lowest BCUT2D eigenvalue weighted by molar-refractivity contribution is -0.138. The van der Waals surface area contributed by atoms with E-state index in [0.717, 1.165) is 12.1 Å². The minimum Gasteiger partial charge on any atom is -0.389 e. The standard InChI is InChI=1S/C18H25N3O2/c1-3-18(23,4-2)14-20-9-10-21(17(22)13-20)12-16-7-5-15(11-19)6-8-16/h5-8,23H,3-4,9-10,12-14H2,1-2H3. The van der Waals surface area contributed by atoms with Crippen LogP contribution < -0.4 is 0 Å². The van der Waals surface area contributed by atoms with Crippen molar-refractivity contribution in [1.82, 2.24) is 9.80 Å². The van der Waals surface area contributed by atoms with E-state index >= 15 is 0 Å². The van der Waals surface area contributed by atoms with Gasteiger partial charge >= 0.3 is 0 Å². The average Bonchev–Trinajstić information content (AvgIpc) is 2.58. The summed E-state index contributed by atoms with van der Waals surface area (Å²) in [5, 5.41) is 19.2. The van der Waals surface area contributed by atoms with Crippen LogP contribution >= 0.6 is 0 Å². The molecule has 0 aromatic heterocycles. The van der Waals surface area contributed by atoms with Gasteiger partial charge in [-0.05, 0) is 30.5 Å². The molecule has 23 heavy (non-hydrogen) atoms. The van der Waals surface area contributed by atoms with E-state index in [1.807, 2.05) is 35.8 Å². The fraction of sp³-hybridized carbons (Fsp3) is 0.556. The van der Waals surface area contributed by atoms with Gasteiger partial charge in [-0.15, -0.1) is 0 Å². The molecule has 5 heteroatoms. The molecule has 0 spiro atoms. The van der Waals surface area contributed by atoms with Gasteiger partial charge in [-0.3, -0.25) is 9.69 Å². The van der Waals surface area contributed by atoms with Crippen LogP contribution in [0.3, 0.4) is 0 Å². The molecule has 0 aliphatic carbocycles. The number of β-amino-alcohol motifs (C(OH)–C–C–N with tert-alkyl or cyclic N) is 1. The van der Waals surface area contributed by atoms with Gasteiger partial charge in [0.15, 0.2) is 0 Å². The Balaban J connectivity index is 1.91. The van der Waals surface area contributed by atoms with Gasteiger partial charge in [0.2, 0.25) is 5.91 Å². The number of hydrogen-bond acceptors (Lipinski definition) is 4. The minimum absolute atomic E-state index is 0.0927. The summed E-state index contributed by atoms with van der Waals surface area (Å²) in [6.45, 7) is 6.89. The average molecular weight is 315 g/mol. The van der Waals surface area contributed by atoms with Gasteiger partial charge < -0.3 is 10.0 Å². The SMILES string of the molecule is CCC(O)(CC)CN1CCN(Cc2ccc(C#N)cc2)C(=O)C1. The van der Waals surface area contributed by atoms with Gasteiger partial charge in [0.25, 0.3) is 0 Å². The van der Waals surface area contributed by atoms with Crippen LogP contribution in [-0.2, 0) is 11.3 Å². The van der Waals surface area contributed by atoms with E-state index in [-0.39, 0.29) is 5.91 Å². The number of carbonyl (C=O) groups excluding carboxylic acids is 1. The van der Waals surface area contributed by atoms with Gasteiger partial charge in [-0.2, -0.15) is 5.26 Å². The molecule has 0 radical (unpaired) electrons. The third-order valence-electron chi connectivity index (χ3n) is 4.69. The molecule has 2 rings (SSSR count). The maximum Gasteiger partial charge on any atom is 0.237 e. The largest absolute Gasteiger partial charge is 0.389 e. The number of amides is 1. The molecule has 1 amide bonds. The first-order valence-corrected chi connectivity index (χ1v) is 8.21. The summed E-state index contributed by atoms with van der Waals surface area (Å²) in [5.74, 6) is 0.0927. The molecule has 1 fully saturated rings. The van der Waals surface area contributed by atoms with Crippen molar-refractivity contribution in [2.45, 2.75) is 38.8 Å². The minimum atomic E-state index is -0.699. The lowest BCUT2D eigenvalue weighted by Crippen LogP contribution is -2.54. The monoisotopic (exact) mass is 315 g/mol. The van der Waals surface area contributed by atoms with Crippen molar-refractivity contribution in [3.05, 3.63) is 35.4 Å². The summed E-state index contributed by atoms with van der Waals surface area (Å²) in [6.07, 6.45) is 1.40. The van der Waals surface area contributed by atoms with Gasteiger partial charge in [0.1, 0.15) is 0 Å². The van der Waals surface area contributed by atoms with Crippen molar-refractivity contribution in [2.24, 2.45) is 0 Å². The van der Waals surface area contributed by atoms with Crippen molar-refractivity contribution < 1.29 is 9.90 Å². The molecule has 1 heterocycles. The van der Waals surface area contributed by atoms with Gasteiger partial charge in [-0.25, -0.2) is 0 Å². The van der Waals surface area contributed by atoms with Crippen LogP contribution in [0.2, 0.25) is 0 Å². The number of hydrogen-bond donors (Lipinski definition) is 1. The summed E-state index contributed by atoms with van der Waals surface area (Å²) in [7, 11) is 0. The van der Waals surface area contributed by atoms with E-state index in [9.17, 15) is 9.90 Å². The van der Waals surface area contributed by atoms with E-state index in [1.165, 1.54) is 0 Å².